The second-order valence-electron chi connectivity index (χ2n) is 2.46. The van der Waals surface area contributed by atoms with Crippen molar-refractivity contribution in [1.29, 1.82) is 0 Å². The second kappa shape index (κ2) is 4.13. The lowest BCUT2D eigenvalue weighted by molar-refractivity contribution is 1.56. The van der Waals surface area contributed by atoms with Crippen LogP contribution in [-0.4, -0.2) is 5.33 Å². The first-order valence-corrected chi connectivity index (χ1v) is 4.71. The van der Waals surface area contributed by atoms with Gasteiger partial charge in [-0.1, -0.05) is 40.6 Å². The highest BCUT2D eigenvalue weighted by Gasteiger charge is 1.96. The molecule has 0 atom stereocenters. The van der Waals surface area contributed by atoms with Crippen LogP contribution in [0.3, 0.4) is 0 Å². The minimum absolute atomic E-state index is 0.779. The fourth-order valence-corrected chi connectivity index (χ4v) is 1.23. The summed E-state index contributed by atoms with van der Waals surface area (Å²) in [6.45, 7) is 3.90. The Balaban J connectivity index is 3.04. The monoisotopic (exact) mass is 220 g/mol. The number of alkyl halides is 1. The quantitative estimate of drug-likeness (QED) is 0.531. The third-order valence-electron chi connectivity index (χ3n) is 1.60. The molecule has 0 nitrogen and oxygen atoms in total. The minimum atomic E-state index is 0.779. The molecular weight excluding hydrogens is 212 g/mol. The number of terminal acetylenes is 1. The van der Waals surface area contributed by atoms with Crippen molar-refractivity contribution in [3.63, 3.8) is 0 Å². The zero-order chi connectivity index (χ0) is 8.97. The number of benzene rings is 1. The fraction of sp³-hybridized carbons (Fsp3) is 0.0909. The summed E-state index contributed by atoms with van der Waals surface area (Å²) in [4.78, 5) is 0. The van der Waals surface area contributed by atoms with Crippen molar-refractivity contribution in [3.05, 3.63) is 42.0 Å². The van der Waals surface area contributed by atoms with Gasteiger partial charge < -0.3 is 0 Å². The summed E-state index contributed by atoms with van der Waals surface area (Å²) < 4.78 is 0. The van der Waals surface area contributed by atoms with Crippen LogP contribution in [0, 0.1) is 12.3 Å². The Morgan fingerprint density at radius 2 is 2.33 bits per heavy atom. The van der Waals surface area contributed by atoms with Gasteiger partial charge in [-0.3, -0.25) is 0 Å². The molecule has 60 valence electrons. The van der Waals surface area contributed by atoms with Crippen molar-refractivity contribution >= 4 is 21.5 Å². The molecule has 1 heteroatoms. The molecule has 1 aromatic rings. The topological polar surface area (TPSA) is 0 Å². The van der Waals surface area contributed by atoms with E-state index in [2.05, 4.69) is 28.4 Å². The zero-order valence-electron chi connectivity index (χ0n) is 6.68. The van der Waals surface area contributed by atoms with Gasteiger partial charge in [-0.05, 0) is 23.3 Å². The van der Waals surface area contributed by atoms with E-state index in [4.69, 9.17) is 6.42 Å². The maximum atomic E-state index is 5.27. The smallest absolute Gasteiger partial charge is 0.0283 e. The van der Waals surface area contributed by atoms with Gasteiger partial charge in [-0.2, -0.15) is 0 Å². The molecule has 0 aliphatic heterocycles. The molecule has 0 heterocycles. The third kappa shape index (κ3) is 1.99. The molecule has 0 amide bonds. The molecule has 0 unspecified atom stereocenters. The molecule has 0 spiro atoms. The van der Waals surface area contributed by atoms with Crippen LogP contribution >= 0.6 is 15.9 Å². The predicted molar refractivity (Wildman–Crippen MR) is 57.2 cm³/mol. The Bertz CT molecular complexity index is 331. The van der Waals surface area contributed by atoms with Crippen LogP contribution in [0.15, 0.2) is 30.8 Å². The van der Waals surface area contributed by atoms with Crippen molar-refractivity contribution < 1.29 is 0 Å². The lowest BCUT2D eigenvalue weighted by Crippen LogP contribution is -1.84. The number of hydrogen-bond acceptors (Lipinski definition) is 0. The maximum absolute atomic E-state index is 5.27. The van der Waals surface area contributed by atoms with Crippen LogP contribution in [0.4, 0.5) is 0 Å². The number of rotatable bonds is 2. The number of allylic oxidation sites excluding steroid dienone is 1. The lowest BCUT2D eigenvalue weighted by Gasteiger charge is -2.01. The second-order valence-corrected chi connectivity index (χ2v) is 3.02. The molecule has 0 fully saturated rings. The molecule has 12 heavy (non-hydrogen) atoms. The van der Waals surface area contributed by atoms with Crippen molar-refractivity contribution in [1.82, 2.24) is 0 Å². The first-order chi connectivity index (χ1) is 5.77. The molecule has 0 bridgehead atoms. The average molecular weight is 221 g/mol. The van der Waals surface area contributed by atoms with E-state index in [9.17, 15) is 0 Å². The molecule has 0 saturated carbocycles. The highest BCUT2D eigenvalue weighted by molar-refractivity contribution is 9.09. The van der Waals surface area contributed by atoms with Crippen molar-refractivity contribution in [3.8, 4) is 12.3 Å². The predicted octanol–water partition coefficient (Wildman–Crippen LogP) is 3.08. The van der Waals surface area contributed by atoms with E-state index in [1.54, 1.807) is 0 Å². The molecule has 1 aromatic carbocycles. The van der Waals surface area contributed by atoms with Crippen molar-refractivity contribution in [2.24, 2.45) is 0 Å². The van der Waals surface area contributed by atoms with Crippen LogP contribution in [0.1, 0.15) is 11.1 Å². The van der Waals surface area contributed by atoms with Crippen LogP contribution in [0.2, 0.25) is 0 Å². The Morgan fingerprint density at radius 3 is 2.92 bits per heavy atom. The van der Waals surface area contributed by atoms with E-state index >= 15 is 0 Å². The van der Waals surface area contributed by atoms with Crippen molar-refractivity contribution in [2.45, 2.75) is 0 Å². The van der Waals surface area contributed by atoms with Gasteiger partial charge in [0.2, 0.25) is 0 Å². The molecule has 0 saturated heterocycles. The van der Waals surface area contributed by atoms with Crippen molar-refractivity contribution in [2.75, 3.05) is 5.33 Å². The largest absolute Gasteiger partial charge is 0.115 e. The Morgan fingerprint density at radius 1 is 1.58 bits per heavy atom. The summed E-state index contributed by atoms with van der Waals surface area (Å²) in [5, 5.41) is 0.779. The summed E-state index contributed by atoms with van der Waals surface area (Å²) in [7, 11) is 0. The fourth-order valence-electron chi connectivity index (χ4n) is 0.906. The Hall–Kier alpha value is -1.00. The summed E-state index contributed by atoms with van der Waals surface area (Å²) in [6, 6.07) is 7.82. The van der Waals surface area contributed by atoms with E-state index in [0.717, 1.165) is 22.0 Å². The highest BCUT2D eigenvalue weighted by Crippen LogP contribution is 2.15. The molecule has 0 N–H and O–H groups in total. The Labute approximate surface area is 81.4 Å². The van der Waals surface area contributed by atoms with E-state index < -0.39 is 0 Å². The average Bonchev–Trinajstić information content (AvgIpc) is 2.17. The van der Waals surface area contributed by atoms with E-state index in [-0.39, 0.29) is 0 Å². The van der Waals surface area contributed by atoms with Gasteiger partial charge in [0.05, 0.1) is 0 Å². The van der Waals surface area contributed by atoms with Crippen LogP contribution in [-0.2, 0) is 0 Å². The standard InChI is InChI=1S/C11H9Br/c1-3-10-5-4-6-11(7-10)9(2)8-12/h1,4-7H,2,8H2. The molecular formula is C11H9Br. The van der Waals surface area contributed by atoms with E-state index in [1.165, 1.54) is 0 Å². The van der Waals surface area contributed by atoms with E-state index in [1.807, 2.05) is 24.3 Å². The van der Waals surface area contributed by atoms with Gasteiger partial charge in [0, 0.05) is 10.9 Å². The van der Waals surface area contributed by atoms with Gasteiger partial charge >= 0.3 is 0 Å². The first kappa shape index (κ1) is 9.09. The lowest BCUT2D eigenvalue weighted by atomic mass is 10.1. The SMILES string of the molecule is C#Cc1cccc(C(=C)CBr)c1. The van der Waals surface area contributed by atoms with Gasteiger partial charge in [0.25, 0.3) is 0 Å². The van der Waals surface area contributed by atoms with Crippen LogP contribution < -0.4 is 0 Å². The third-order valence-corrected chi connectivity index (χ3v) is 2.28. The summed E-state index contributed by atoms with van der Waals surface area (Å²) in [5.74, 6) is 2.59. The van der Waals surface area contributed by atoms with E-state index in [0.29, 0.717) is 0 Å². The van der Waals surface area contributed by atoms with Crippen LogP contribution in [0.5, 0.6) is 0 Å². The number of halogens is 1. The summed E-state index contributed by atoms with van der Waals surface area (Å²) in [5.41, 5.74) is 3.05. The summed E-state index contributed by atoms with van der Waals surface area (Å²) in [6.07, 6.45) is 5.27. The normalized spacial score (nSPS) is 9.00. The molecule has 0 aliphatic rings. The van der Waals surface area contributed by atoms with Gasteiger partial charge in [-0.15, -0.1) is 6.42 Å². The van der Waals surface area contributed by atoms with Crippen LogP contribution in [0.25, 0.3) is 5.57 Å². The minimum Gasteiger partial charge on any atom is -0.115 e. The van der Waals surface area contributed by atoms with Gasteiger partial charge in [-0.25, -0.2) is 0 Å². The number of hydrogen-bond donors (Lipinski definition) is 0. The summed E-state index contributed by atoms with van der Waals surface area (Å²) >= 11 is 3.35. The highest BCUT2D eigenvalue weighted by atomic mass is 79.9. The maximum Gasteiger partial charge on any atom is 0.0283 e. The molecule has 0 aromatic heterocycles. The Kier molecular flexibility index (Phi) is 3.13. The molecule has 1 rings (SSSR count). The van der Waals surface area contributed by atoms with Gasteiger partial charge in [0.15, 0.2) is 0 Å². The zero-order valence-corrected chi connectivity index (χ0v) is 8.26. The molecule has 0 radical (unpaired) electrons. The molecule has 0 aliphatic carbocycles. The van der Waals surface area contributed by atoms with Gasteiger partial charge in [0.1, 0.15) is 0 Å². The first-order valence-electron chi connectivity index (χ1n) is 3.58.